The Morgan fingerprint density at radius 3 is 2.72 bits per heavy atom. The average Bonchev–Trinajstić information content (AvgIpc) is 3.36. The van der Waals surface area contributed by atoms with Gasteiger partial charge in [-0.15, -0.1) is 0 Å². The Morgan fingerprint density at radius 2 is 2.07 bits per heavy atom. The Morgan fingerprint density at radius 1 is 1.28 bits per heavy atom. The largest absolute Gasteiger partial charge is 0.497 e. The molecule has 8 nitrogen and oxygen atoms in total. The van der Waals surface area contributed by atoms with Crippen molar-refractivity contribution in [1.29, 1.82) is 0 Å². The Bertz CT molecular complexity index is 888. The van der Waals surface area contributed by atoms with Crippen molar-refractivity contribution in [2.24, 2.45) is 5.41 Å². The molecule has 0 N–H and O–H groups in total. The molecule has 2 aromatic rings. The van der Waals surface area contributed by atoms with Crippen LogP contribution in [0, 0.1) is 5.41 Å². The first-order valence-corrected chi connectivity index (χ1v) is 9.73. The highest BCUT2D eigenvalue weighted by Gasteiger charge is 2.50. The average molecular weight is 399 g/mol. The maximum Gasteiger partial charge on any atom is 0.312 e. The van der Waals surface area contributed by atoms with Gasteiger partial charge < -0.3 is 23.7 Å². The summed E-state index contributed by atoms with van der Waals surface area (Å²) in [5.41, 5.74) is 0.00249. The number of hydrogen-bond donors (Lipinski definition) is 0. The fraction of sp³-hybridized carbons (Fsp3) is 0.476. The van der Waals surface area contributed by atoms with Crippen LogP contribution in [-0.4, -0.2) is 59.7 Å². The molecule has 4 rings (SSSR count). The highest BCUT2D eigenvalue weighted by Crippen LogP contribution is 2.44. The minimum absolute atomic E-state index is 0.0966. The summed E-state index contributed by atoms with van der Waals surface area (Å²) in [7, 11) is 3.10. The van der Waals surface area contributed by atoms with E-state index in [1.807, 2.05) is 10.8 Å². The molecular formula is C21H25N3O5. The van der Waals surface area contributed by atoms with Crippen LogP contribution < -0.4 is 9.47 Å². The molecule has 1 aromatic carbocycles. The van der Waals surface area contributed by atoms with E-state index in [-0.39, 0.29) is 18.0 Å². The standard InChI is InChI=1S/C21H25N3O5/c1-27-15-3-4-17(18(11-15)28-2)19(25)24-8-5-21(6-9-24)12-16(29-20(21)26)13-23-10-7-22-14-23/h3-4,7,10-11,14,16H,5-6,8-9,12-13H2,1-2H3. The number of rotatable bonds is 5. The highest BCUT2D eigenvalue weighted by atomic mass is 16.6. The number of imidazole rings is 1. The van der Waals surface area contributed by atoms with Crippen LogP contribution in [0.1, 0.15) is 29.6 Å². The number of methoxy groups -OCH3 is 2. The molecule has 154 valence electrons. The van der Waals surface area contributed by atoms with Gasteiger partial charge in [0.05, 0.1) is 38.1 Å². The second-order valence-electron chi connectivity index (χ2n) is 7.63. The number of carbonyl (C=O) groups is 2. The number of likely N-dealkylation sites (tertiary alicyclic amines) is 1. The molecule has 1 spiro atoms. The van der Waals surface area contributed by atoms with E-state index in [2.05, 4.69) is 4.98 Å². The number of piperidine rings is 1. The summed E-state index contributed by atoms with van der Waals surface area (Å²) >= 11 is 0. The van der Waals surface area contributed by atoms with Gasteiger partial charge in [-0.05, 0) is 25.0 Å². The topological polar surface area (TPSA) is 82.9 Å². The van der Waals surface area contributed by atoms with E-state index in [4.69, 9.17) is 14.2 Å². The molecule has 0 radical (unpaired) electrons. The van der Waals surface area contributed by atoms with Crippen molar-refractivity contribution in [1.82, 2.24) is 14.5 Å². The number of carbonyl (C=O) groups excluding carboxylic acids is 2. The number of cyclic esters (lactones) is 1. The van der Waals surface area contributed by atoms with Crippen molar-refractivity contribution in [3.05, 3.63) is 42.5 Å². The Kier molecular flexibility index (Phi) is 5.17. The van der Waals surface area contributed by atoms with Gasteiger partial charge in [0, 0.05) is 38.0 Å². The quantitative estimate of drug-likeness (QED) is 0.717. The van der Waals surface area contributed by atoms with Gasteiger partial charge >= 0.3 is 5.97 Å². The molecular weight excluding hydrogens is 374 g/mol. The highest BCUT2D eigenvalue weighted by molar-refractivity contribution is 5.97. The minimum Gasteiger partial charge on any atom is -0.497 e. The zero-order chi connectivity index (χ0) is 20.4. The Labute approximate surface area is 169 Å². The van der Waals surface area contributed by atoms with Crippen molar-refractivity contribution in [3.63, 3.8) is 0 Å². The van der Waals surface area contributed by atoms with Crippen molar-refractivity contribution in [3.8, 4) is 11.5 Å². The summed E-state index contributed by atoms with van der Waals surface area (Å²) in [6.07, 6.45) is 7.04. The summed E-state index contributed by atoms with van der Waals surface area (Å²) in [5, 5.41) is 0. The van der Waals surface area contributed by atoms with E-state index in [0.717, 1.165) is 0 Å². The first kappa shape index (κ1) is 19.3. The first-order valence-electron chi connectivity index (χ1n) is 9.73. The predicted octanol–water partition coefficient (Wildman–Crippen LogP) is 2.14. The van der Waals surface area contributed by atoms with Gasteiger partial charge in [0.1, 0.15) is 17.6 Å². The summed E-state index contributed by atoms with van der Waals surface area (Å²) in [6, 6.07) is 5.17. The lowest BCUT2D eigenvalue weighted by atomic mass is 9.76. The second-order valence-corrected chi connectivity index (χ2v) is 7.63. The third-order valence-corrected chi connectivity index (χ3v) is 5.95. The van der Waals surface area contributed by atoms with E-state index in [0.29, 0.717) is 56.0 Å². The number of benzene rings is 1. The van der Waals surface area contributed by atoms with E-state index >= 15 is 0 Å². The van der Waals surface area contributed by atoms with Crippen LogP contribution in [0.3, 0.4) is 0 Å². The molecule has 1 atom stereocenters. The molecule has 0 bridgehead atoms. The van der Waals surface area contributed by atoms with Crippen LogP contribution in [0.4, 0.5) is 0 Å². The van der Waals surface area contributed by atoms with Crippen molar-refractivity contribution >= 4 is 11.9 Å². The molecule has 2 fully saturated rings. The van der Waals surface area contributed by atoms with Crippen LogP contribution >= 0.6 is 0 Å². The molecule has 1 aromatic heterocycles. The lowest BCUT2D eigenvalue weighted by Crippen LogP contribution is -2.45. The zero-order valence-electron chi connectivity index (χ0n) is 16.7. The van der Waals surface area contributed by atoms with Gasteiger partial charge in [-0.3, -0.25) is 9.59 Å². The van der Waals surface area contributed by atoms with Crippen LogP contribution in [0.2, 0.25) is 0 Å². The Hall–Kier alpha value is -3.03. The summed E-state index contributed by atoms with van der Waals surface area (Å²) in [4.78, 5) is 31.5. The van der Waals surface area contributed by atoms with E-state index in [9.17, 15) is 9.59 Å². The van der Waals surface area contributed by atoms with Crippen LogP contribution in [0.5, 0.6) is 11.5 Å². The van der Waals surface area contributed by atoms with Gasteiger partial charge in [0.2, 0.25) is 0 Å². The van der Waals surface area contributed by atoms with E-state index in [1.54, 1.807) is 42.7 Å². The van der Waals surface area contributed by atoms with Crippen LogP contribution in [-0.2, 0) is 16.1 Å². The lowest BCUT2D eigenvalue weighted by molar-refractivity contribution is -0.150. The molecule has 29 heavy (non-hydrogen) atoms. The van der Waals surface area contributed by atoms with Gasteiger partial charge in [-0.25, -0.2) is 4.98 Å². The molecule has 0 saturated carbocycles. The molecule has 1 unspecified atom stereocenters. The molecule has 1 amide bonds. The number of amides is 1. The zero-order valence-corrected chi connectivity index (χ0v) is 16.7. The second kappa shape index (κ2) is 7.77. The number of ether oxygens (including phenoxy) is 3. The fourth-order valence-corrected chi connectivity index (χ4v) is 4.26. The number of esters is 1. The van der Waals surface area contributed by atoms with Gasteiger partial charge in [-0.1, -0.05) is 0 Å². The van der Waals surface area contributed by atoms with E-state index in [1.165, 1.54) is 7.11 Å². The van der Waals surface area contributed by atoms with Crippen molar-refractivity contribution in [2.45, 2.75) is 31.9 Å². The molecule has 8 heteroatoms. The third-order valence-electron chi connectivity index (χ3n) is 5.95. The van der Waals surface area contributed by atoms with Gasteiger partial charge in [0.15, 0.2) is 0 Å². The minimum atomic E-state index is -0.494. The third kappa shape index (κ3) is 3.66. The van der Waals surface area contributed by atoms with Crippen molar-refractivity contribution < 1.29 is 23.8 Å². The maximum absolute atomic E-state index is 13.0. The van der Waals surface area contributed by atoms with Gasteiger partial charge in [0.25, 0.3) is 5.91 Å². The molecule has 0 aliphatic carbocycles. The smallest absolute Gasteiger partial charge is 0.312 e. The summed E-state index contributed by atoms with van der Waals surface area (Å²) in [5.74, 6) is 0.876. The molecule has 3 heterocycles. The summed E-state index contributed by atoms with van der Waals surface area (Å²) < 4.78 is 18.1. The van der Waals surface area contributed by atoms with Crippen molar-refractivity contribution in [2.75, 3.05) is 27.3 Å². The number of hydrogen-bond acceptors (Lipinski definition) is 6. The van der Waals surface area contributed by atoms with Crippen LogP contribution in [0.25, 0.3) is 0 Å². The Balaban J connectivity index is 1.41. The predicted molar refractivity (Wildman–Crippen MR) is 104 cm³/mol. The number of nitrogens with zero attached hydrogens (tertiary/aromatic N) is 3. The first-order chi connectivity index (χ1) is 14.0. The molecule has 2 aliphatic rings. The van der Waals surface area contributed by atoms with E-state index < -0.39 is 5.41 Å². The maximum atomic E-state index is 13.0. The molecule has 2 saturated heterocycles. The lowest BCUT2D eigenvalue weighted by Gasteiger charge is -2.36. The normalized spacial score (nSPS) is 20.6. The fourth-order valence-electron chi connectivity index (χ4n) is 4.26. The number of aromatic nitrogens is 2. The monoisotopic (exact) mass is 399 g/mol. The summed E-state index contributed by atoms with van der Waals surface area (Å²) in [6.45, 7) is 1.64. The van der Waals surface area contributed by atoms with Crippen LogP contribution in [0.15, 0.2) is 36.9 Å². The van der Waals surface area contributed by atoms with Gasteiger partial charge in [-0.2, -0.15) is 0 Å². The molecule has 2 aliphatic heterocycles. The SMILES string of the molecule is COc1ccc(C(=O)N2CCC3(CC2)CC(Cn2ccnc2)OC3=O)c(OC)c1.